The van der Waals surface area contributed by atoms with Crippen molar-refractivity contribution in [2.45, 2.75) is 32.1 Å². The molecule has 0 aliphatic carbocycles. The van der Waals surface area contributed by atoms with Gasteiger partial charge in [-0.2, -0.15) is 0 Å². The molecule has 0 aromatic rings. The van der Waals surface area contributed by atoms with Gasteiger partial charge in [-0.15, -0.1) is 0 Å². The highest BCUT2D eigenvalue weighted by Gasteiger charge is 2.43. The highest BCUT2D eigenvalue weighted by Crippen LogP contribution is 2.27. The number of hydrogen-bond acceptors (Lipinski definition) is 3. The van der Waals surface area contributed by atoms with Crippen LogP contribution in [0.15, 0.2) is 0 Å². The van der Waals surface area contributed by atoms with Crippen LogP contribution in [0.4, 0.5) is 0 Å². The normalized spacial score (nSPS) is 29.8. The predicted octanol–water partition coefficient (Wildman–Crippen LogP) is 1.80. The van der Waals surface area contributed by atoms with Gasteiger partial charge in [-0.05, 0) is 38.7 Å². The summed E-state index contributed by atoms with van der Waals surface area (Å²) in [5, 5.41) is 0. The Hall–Kier alpha value is 0.314. The maximum Gasteiger partial charge on any atom is 0.267 e. The Labute approximate surface area is 89.7 Å². The highest BCUT2D eigenvalue weighted by atomic mass is 28.4. The molecular formula is C9H23NO2Si2. The van der Waals surface area contributed by atoms with Crippen molar-refractivity contribution in [3.63, 3.8) is 0 Å². The van der Waals surface area contributed by atoms with Crippen molar-refractivity contribution in [2.75, 3.05) is 26.9 Å². The Bertz CT molecular complexity index is 201. The molecule has 0 bridgehead atoms. The van der Waals surface area contributed by atoms with Crippen LogP contribution in [0, 0.1) is 0 Å². The summed E-state index contributed by atoms with van der Waals surface area (Å²) < 4.78 is 13.9. The molecule has 84 valence electrons. The molecule has 1 heterocycles. The van der Waals surface area contributed by atoms with Crippen molar-refractivity contribution < 1.29 is 8.85 Å². The van der Waals surface area contributed by atoms with E-state index in [9.17, 15) is 0 Å². The molecule has 0 spiro atoms. The van der Waals surface area contributed by atoms with Gasteiger partial charge in [0.15, 0.2) is 8.32 Å². The zero-order valence-electron chi connectivity index (χ0n) is 10.1. The fraction of sp³-hybridized carbons (Fsp3) is 1.00. The van der Waals surface area contributed by atoms with Gasteiger partial charge in [0.1, 0.15) is 0 Å². The number of hydrogen-bond donors (Lipinski definition) is 0. The first-order valence-electron chi connectivity index (χ1n) is 5.29. The second-order valence-electron chi connectivity index (χ2n) is 4.87. The van der Waals surface area contributed by atoms with E-state index >= 15 is 0 Å². The topological polar surface area (TPSA) is 21.7 Å². The Kier molecular flexibility index (Phi) is 3.93. The minimum absolute atomic E-state index is 1.13. The second-order valence-corrected chi connectivity index (χ2v) is 13.0. The Balaban J connectivity index is 2.60. The summed E-state index contributed by atoms with van der Waals surface area (Å²) in [4.78, 5) is 0. The van der Waals surface area contributed by atoms with E-state index in [1.165, 1.54) is 19.0 Å². The Morgan fingerprint density at radius 2 is 2.00 bits per heavy atom. The van der Waals surface area contributed by atoms with E-state index in [1.54, 1.807) is 0 Å². The van der Waals surface area contributed by atoms with Crippen LogP contribution in [0.1, 0.15) is 6.42 Å². The van der Waals surface area contributed by atoms with Crippen LogP contribution in [-0.2, 0) is 8.85 Å². The molecule has 1 aliphatic heterocycles. The minimum atomic E-state index is -1.53. The van der Waals surface area contributed by atoms with Gasteiger partial charge in [-0.25, -0.2) is 0 Å². The minimum Gasteiger partial charge on any atom is -0.419 e. The molecule has 14 heavy (non-hydrogen) atoms. The van der Waals surface area contributed by atoms with Gasteiger partial charge in [0.2, 0.25) is 0 Å². The van der Waals surface area contributed by atoms with Crippen molar-refractivity contribution in [3.8, 4) is 0 Å². The van der Waals surface area contributed by atoms with Crippen LogP contribution in [0.5, 0.6) is 0 Å². The summed E-state index contributed by atoms with van der Waals surface area (Å²) in [6, 6.07) is 1.28. The van der Waals surface area contributed by atoms with Crippen molar-refractivity contribution >= 4 is 16.8 Å². The summed E-state index contributed by atoms with van der Waals surface area (Å²) in [6.07, 6.45) is 2.42. The zero-order chi connectivity index (χ0) is 10.8. The molecule has 0 aromatic heterocycles. The summed E-state index contributed by atoms with van der Waals surface area (Å²) in [5.74, 6) is 0. The first-order valence-corrected chi connectivity index (χ1v) is 11.0. The molecule has 1 saturated heterocycles. The molecule has 5 heteroatoms. The van der Waals surface area contributed by atoms with E-state index in [4.69, 9.17) is 8.85 Å². The van der Waals surface area contributed by atoms with Crippen LogP contribution in [-0.4, -0.2) is 48.3 Å². The highest BCUT2D eigenvalue weighted by molar-refractivity contribution is 6.75. The fourth-order valence-corrected chi connectivity index (χ4v) is 7.90. The summed E-state index contributed by atoms with van der Waals surface area (Å²) in [5.41, 5.74) is 0. The molecule has 1 aliphatic rings. The van der Waals surface area contributed by atoms with Crippen molar-refractivity contribution in [1.29, 1.82) is 0 Å². The smallest absolute Gasteiger partial charge is 0.267 e. The van der Waals surface area contributed by atoms with Gasteiger partial charge in [-0.1, -0.05) is 0 Å². The van der Waals surface area contributed by atoms with Gasteiger partial charge in [0.05, 0.1) is 0 Å². The summed E-state index contributed by atoms with van der Waals surface area (Å²) in [6.45, 7) is 8.07. The third-order valence-electron chi connectivity index (χ3n) is 3.30. The van der Waals surface area contributed by atoms with Gasteiger partial charge in [0.25, 0.3) is 8.48 Å². The molecule has 0 amide bonds. The predicted molar refractivity (Wildman–Crippen MR) is 64.1 cm³/mol. The molecule has 1 rings (SSSR count). The van der Waals surface area contributed by atoms with Crippen molar-refractivity contribution in [3.05, 3.63) is 0 Å². The number of nitrogens with zero attached hydrogens (tertiary/aromatic N) is 1. The molecule has 1 unspecified atom stereocenters. The van der Waals surface area contributed by atoms with E-state index in [1.807, 2.05) is 14.2 Å². The van der Waals surface area contributed by atoms with Crippen LogP contribution in [0.3, 0.4) is 0 Å². The lowest BCUT2D eigenvalue weighted by molar-refractivity contribution is 0.317. The molecule has 0 radical (unpaired) electrons. The maximum absolute atomic E-state index is 5.73. The molecule has 3 nitrogen and oxygen atoms in total. The Morgan fingerprint density at radius 1 is 1.36 bits per heavy atom. The van der Waals surface area contributed by atoms with Crippen LogP contribution in [0.2, 0.25) is 25.7 Å². The van der Waals surface area contributed by atoms with E-state index in [-0.39, 0.29) is 0 Å². The second kappa shape index (κ2) is 4.44. The lowest BCUT2D eigenvalue weighted by Gasteiger charge is -2.35. The van der Waals surface area contributed by atoms with Crippen LogP contribution in [0.25, 0.3) is 0 Å². The zero-order valence-corrected chi connectivity index (χ0v) is 12.1. The lowest BCUT2D eigenvalue weighted by Crippen LogP contribution is -2.55. The van der Waals surface area contributed by atoms with E-state index in [2.05, 4.69) is 24.2 Å². The van der Waals surface area contributed by atoms with Crippen LogP contribution >= 0.6 is 0 Å². The van der Waals surface area contributed by atoms with E-state index in [0.29, 0.717) is 0 Å². The Morgan fingerprint density at radius 3 is 2.50 bits per heavy atom. The third-order valence-corrected chi connectivity index (χ3v) is 9.75. The average molecular weight is 233 g/mol. The quantitative estimate of drug-likeness (QED) is 0.691. The molecule has 1 fully saturated rings. The van der Waals surface area contributed by atoms with Gasteiger partial charge < -0.3 is 13.4 Å². The SMILES string of the molecule is CO[Si](C)(C)CN1CCC[Si]1(C)OC. The maximum atomic E-state index is 5.73. The van der Waals surface area contributed by atoms with Gasteiger partial charge >= 0.3 is 0 Å². The van der Waals surface area contributed by atoms with E-state index < -0.39 is 16.8 Å². The fourth-order valence-electron chi connectivity index (χ4n) is 1.99. The summed E-state index contributed by atoms with van der Waals surface area (Å²) in [7, 11) is 0.714. The monoisotopic (exact) mass is 233 g/mol. The van der Waals surface area contributed by atoms with Crippen molar-refractivity contribution in [2.24, 2.45) is 0 Å². The van der Waals surface area contributed by atoms with Gasteiger partial charge in [0, 0.05) is 20.4 Å². The van der Waals surface area contributed by atoms with Crippen LogP contribution < -0.4 is 0 Å². The first kappa shape index (κ1) is 12.4. The third kappa shape index (κ3) is 2.67. The molecular weight excluding hydrogens is 210 g/mol. The largest absolute Gasteiger partial charge is 0.419 e. The van der Waals surface area contributed by atoms with Gasteiger partial charge in [-0.3, -0.25) is 0 Å². The molecule has 0 aromatic carbocycles. The standard InChI is InChI=1S/C9H23NO2Si2/c1-11-13(3,4)9-10-7-6-8-14(10,5)12-2/h6-9H2,1-5H3. The molecule has 0 saturated carbocycles. The molecule has 1 atom stereocenters. The number of rotatable bonds is 4. The lowest BCUT2D eigenvalue weighted by atomic mass is 10.5. The molecule has 0 N–H and O–H groups in total. The summed E-state index contributed by atoms with van der Waals surface area (Å²) >= 11 is 0. The van der Waals surface area contributed by atoms with E-state index in [0.717, 1.165) is 6.17 Å². The van der Waals surface area contributed by atoms with Crippen molar-refractivity contribution in [1.82, 2.24) is 4.57 Å². The average Bonchev–Trinajstić information content (AvgIpc) is 2.48. The first-order chi connectivity index (χ1) is 6.43.